The van der Waals surface area contributed by atoms with Gasteiger partial charge in [0, 0.05) is 6.42 Å². The van der Waals surface area contributed by atoms with Gasteiger partial charge in [-0.1, -0.05) is 129 Å². The fourth-order valence-electron chi connectivity index (χ4n) is 4.06. The summed E-state index contributed by atoms with van der Waals surface area (Å²) in [5, 5.41) is 21.4. The molecule has 0 aliphatic heterocycles. The first-order chi connectivity index (χ1) is 14.0. The zero-order valence-corrected chi connectivity index (χ0v) is 20.4. The zero-order chi connectivity index (χ0) is 21.6. The Morgan fingerprint density at radius 3 is 1.17 bits per heavy atom. The van der Waals surface area contributed by atoms with E-state index in [-0.39, 0.29) is 10.8 Å². The van der Waals surface area contributed by atoms with Gasteiger partial charge in [0.1, 0.15) is 0 Å². The first kappa shape index (κ1) is 28.9. The lowest BCUT2D eigenvalue weighted by molar-refractivity contribution is -0.840. The second-order valence-electron chi connectivity index (χ2n) is 9.89. The van der Waals surface area contributed by atoms with Crippen LogP contribution in [-0.4, -0.2) is 36.5 Å². The van der Waals surface area contributed by atoms with E-state index >= 15 is 0 Å². The van der Waals surface area contributed by atoms with E-state index in [0.717, 1.165) is 12.8 Å². The molecule has 0 bridgehead atoms. The summed E-state index contributed by atoms with van der Waals surface area (Å²) in [6, 6.07) is 0. The molecule has 0 rings (SSSR count). The van der Waals surface area contributed by atoms with Crippen molar-refractivity contribution in [1.29, 1.82) is 0 Å². The molecule has 0 aliphatic rings. The van der Waals surface area contributed by atoms with E-state index in [1.807, 2.05) is 0 Å². The van der Waals surface area contributed by atoms with E-state index < -0.39 is 0 Å². The second kappa shape index (κ2) is 21.1. The molecular weight excluding hydrogens is 358 g/mol. The number of hydrogen-bond acceptors (Lipinski definition) is 2. The van der Waals surface area contributed by atoms with Crippen LogP contribution in [0.25, 0.3) is 0 Å². The summed E-state index contributed by atoms with van der Waals surface area (Å²) in [7, 11) is 3.29. The third-order valence-electron chi connectivity index (χ3n) is 6.14. The number of aliphatic hydroxyl groups is 1. The molecule has 3 nitrogen and oxygen atoms in total. The Hall–Kier alpha value is -0.120. The van der Waals surface area contributed by atoms with E-state index in [9.17, 15) is 10.3 Å². The van der Waals surface area contributed by atoms with Crippen LogP contribution in [0.4, 0.5) is 0 Å². The number of nitrogens with zero attached hydrogens (tertiary/aromatic N) is 1. The SMILES string of the molecule is CCCCCCCCCCCCCCCCCCCCCC(O)CC[N+](C)(C)[O-]. The molecule has 0 aromatic carbocycles. The monoisotopic (exact) mass is 413 g/mol. The third-order valence-corrected chi connectivity index (χ3v) is 6.14. The molecule has 0 saturated carbocycles. The minimum absolute atomic E-state index is 0.285. The smallest absolute Gasteiger partial charge is 0.0804 e. The molecule has 0 saturated heterocycles. The molecule has 0 heterocycles. The summed E-state index contributed by atoms with van der Waals surface area (Å²) >= 11 is 0. The van der Waals surface area contributed by atoms with Crippen molar-refractivity contribution >= 4 is 0 Å². The van der Waals surface area contributed by atoms with Crippen molar-refractivity contribution in [2.75, 3.05) is 20.6 Å². The second-order valence-corrected chi connectivity index (χ2v) is 9.89. The number of hydrogen-bond donors (Lipinski definition) is 1. The Morgan fingerprint density at radius 2 is 0.862 bits per heavy atom. The quantitative estimate of drug-likeness (QED) is 0.104. The van der Waals surface area contributed by atoms with E-state index in [0.29, 0.717) is 13.0 Å². The summed E-state index contributed by atoms with van der Waals surface area (Å²) in [4.78, 5) is 0. The topological polar surface area (TPSA) is 43.3 Å². The third kappa shape index (κ3) is 25.8. The molecule has 29 heavy (non-hydrogen) atoms. The molecule has 1 atom stereocenters. The van der Waals surface area contributed by atoms with Crippen molar-refractivity contribution in [3.05, 3.63) is 5.21 Å². The van der Waals surface area contributed by atoms with Gasteiger partial charge in [-0.2, -0.15) is 0 Å². The maximum absolute atomic E-state index is 11.5. The molecule has 0 spiro atoms. The molecule has 1 unspecified atom stereocenters. The van der Waals surface area contributed by atoms with Crippen LogP contribution in [0.3, 0.4) is 0 Å². The Kier molecular flexibility index (Phi) is 21.0. The lowest BCUT2D eigenvalue weighted by Gasteiger charge is -2.34. The van der Waals surface area contributed by atoms with Gasteiger partial charge in [-0.05, 0) is 6.42 Å². The fraction of sp³-hybridized carbons (Fsp3) is 1.00. The number of unbranched alkanes of at least 4 members (excludes halogenated alkanes) is 18. The maximum Gasteiger partial charge on any atom is 0.0804 e. The molecule has 0 fully saturated rings. The van der Waals surface area contributed by atoms with Gasteiger partial charge in [-0.15, -0.1) is 0 Å². The van der Waals surface area contributed by atoms with Crippen LogP contribution in [0.5, 0.6) is 0 Å². The van der Waals surface area contributed by atoms with E-state index in [4.69, 9.17) is 0 Å². The van der Waals surface area contributed by atoms with Gasteiger partial charge in [0.05, 0.1) is 26.7 Å². The summed E-state index contributed by atoms with van der Waals surface area (Å²) in [6.07, 6.45) is 27.6. The van der Waals surface area contributed by atoms with Gasteiger partial charge in [0.25, 0.3) is 0 Å². The highest BCUT2D eigenvalue weighted by Gasteiger charge is 2.09. The fourth-order valence-corrected chi connectivity index (χ4v) is 4.06. The van der Waals surface area contributed by atoms with Crippen LogP contribution in [0, 0.1) is 5.21 Å². The normalized spacial score (nSPS) is 13.1. The van der Waals surface area contributed by atoms with Crippen LogP contribution < -0.4 is 0 Å². The van der Waals surface area contributed by atoms with E-state index in [2.05, 4.69) is 6.92 Å². The number of rotatable bonds is 23. The largest absolute Gasteiger partial charge is 0.633 e. The van der Waals surface area contributed by atoms with Gasteiger partial charge in [0.2, 0.25) is 0 Å². The zero-order valence-electron chi connectivity index (χ0n) is 20.4. The Balaban J connectivity index is 3.12. The highest BCUT2D eigenvalue weighted by atomic mass is 16.5. The van der Waals surface area contributed by atoms with Gasteiger partial charge in [-0.3, -0.25) is 0 Å². The van der Waals surface area contributed by atoms with Crippen LogP contribution >= 0.6 is 0 Å². The van der Waals surface area contributed by atoms with Crippen LogP contribution in [0.15, 0.2) is 0 Å². The molecule has 0 aliphatic carbocycles. The molecule has 1 N–H and O–H groups in total. The minimum atomic E-state index is -0.295. The highest BCUT2D eigenvalue weighted by molar-refractivity contribution is 4.57. The number of aliphatic hydroxyl groups excluding tert-OH is 1. The van der Waals surface area contributed by atoms with Crippen molar-refractivity contribution in [2.24, 2.45) is 0 Å². The standard InChI is InChI=1S/C26H55NO2/c1-4-5-6-7-8-9-10-11-12-13-14-15-16-17-18-19-20-21-22-23-26(28)24-25-27(2,3)29/h26,28H,4-25H2,1-3H3. The van der Waals surface area contributed by atoms with Crippen molar-refractivity contribution in [2.45, 2.75) is 148 Å². The number of hydroxylamine groups is 3. The molecule has 3 heteroatoms. The minimum Gasteiger partial charge on any atom is -0.633 e. The summed E-state index contributed by atoms with van der Waals surface area (Å²) in [5.74, 6) is 0. The average Bonchev–Trinajstić information content (AvgIpc) is 2.67. The van der Waals surface area contributed by atoms with Gasteiger partial charge in [-0.25, -0.2) is 0 Å². The van der Waals surface area contributed by atoms with Gasteiger partial charge in [0.15, 0.2) is 0 Å². The summed E-state index contributed by atoms with van der Waals surface area (Å²) < 4.78 is -0.295. The molecule has 0 amide bonds. The van der Waals surface area contributed by atoms with Crippen LogP contribution in [0.1, 0.15) is 142 Å². The van der Waals surface area contributed by atoms with E-state index in [1.165, 1.54) is 116 Å². The van der Waals surface area contributed by atoms with Gasteiger partial charge < -0.3 is 15.0 Å². The predicted octanol–water partition coefficient (Wildman–Crippen LogP) is 8.13. The van der Waals surface area contributed by atoms with Crippen molar-refractivity contribution in [3.63, 3.8) is 0 Å². The van der Waals surface area contributed by atoms with Crippen molar-refractivity contribution in [1.82, 2.24) is 0 Å². The molecule has 0 aromatic rings. The van der Waals surface area contributed by atoms with Crippen LogP contribution in [-0.2, 0) is 0 Å². The predicted molar refractivity (Wildman–Crippen MR) is 129 cm³/mol. The first-order valence-electron chi connectivity index (χ1n) is 13.2. The van der Waals surface area contributed by atoms with Gasteiger partial charge >= 0.3 is 0 Å². The Bertz CT molecular complexity index is 314. The van der Waals surface area contributed by atoms with E-state index in [1.54, 1.807) is 14.1 Å². The Labute approximate surface area is 183 Å². The maximum atomic E-state index is 11.5. The highest BCUT2D eigenvalue weighted by Crippen LogP contribution is 2.15. The molecular formula is C26H55NO2. The van der Waals surface area contributed by atoms with Crippen LogP contribution in [0.2, 0.25) is 0 Å². The molecule has 176 valence electrons. The summed E-state index contributed by atoms with van der Waals surface area (Å²) in [6.45, 7) is 2.80. The number of quaternary nitrogens is 1. The Morgan fingerprint density at radius 1 is 0.552 bits per heavy atom. The molecule has 0 aromatic heterocycles. The lowest BCUT2D eigenvalue weighted by atomic mass is 10.0. The van der Waals surface area contributed by atoms with Crippen molar-refractivity contribution in [3.8, 4) is 0 Å². The molecule has 0 radical (unpaired) electrons. The lowest BCUT2D eigenvalue weighted by Crippen LogP contribution is -2.35. The average molecular weight is 414 g/mol. The van der Waals surface area contributed by atoms with Crippen molar-refractivity contribution < 1.29 is 9.75 Å². The summed E-state index contributed by atoms with van der Waals surface area (Å²) in [5.41, 5.74) is 0. The first-order valence-corrected chi connectivity index (χ1v) is 13.2.